The van der Waals surface area contributed by atoms with Crippen LogP contribution in [0.1, 0.15) is 18.9 Å². The number of amides is 2. The Kier molecular flexibility index (Phi) is 7.81. The SMILES string of the molecule is C/C(CC(=O)Nc1cccc2ccccc12)=N\NC(=O)COc1cc(C)c(Br)cc1Br. The van der Waals surface area contributed by atoms with Crippen LogP contribution in [0.15, 0.2) is 68.6 Å². The van der Waals surface area contributed by atoms with Crippen molar-refractivity contribution in [3.8, 4) is 5.75 Å². The topological polar surface area (TPSA) is 79.8 Å². The van der Waals surface area contributed by atoms with E-state index in [4.69, 9.17) is 4.74 Å². The third-order valence-corrected chi connectivity index (χ3v) is 5.90. The van der Waals surface area contributed by atoms with Crippen LogP contribution >= 0.6 is 31.9 Å². The molecule has 0 aliphatic rings. The van der Waals surface area contributed by atoms with Crippen LogP contribution in [0.2, 0.25) is 0 Å². The minimum atomic E-state index is -0.415. The molecular formula is C23H21Br2N3O3. The molecule has 0 heterocycles. The standard InChI is InChI=1S/C23H21Br2N3O3/c1-14-10-21(19(25)12-18(14)24)31-13-23(30)28-27-15(2)11-22(29)26-20-9-5-7-16-6-3-4-8-17(16)20/h3-10,12H,11,13H2,1-2H3,(H,26,29)(H,28,30)/b27-15+. The summed E-state index contributed by atoms with van der Waals surface area (Å²) in [6.07, 6.45) is 0.0574. The second-order valence-electron chi connectivity index (χ2n) is 6.95. The van der Waals surface area contributed by atoms with Crippen molar-refractivity contribution in [1.82, 2.24) is 5.43 Å². The molecule has 0 saturated carbocycles. The lowest BCUT2D eigenvalue weighted by atomic mass is 10.1. The molecule has 2 amide bonds. The predicted octanol–water partition coefficient (Wildman–Crippen LogP) is 5.57. The van der Waals surface area contributed by atoms with Gasteiger partial charge in [0.25, 0.3) is 5.91 Å². The van der Waals surface area contributed by atoms with Crippen LogP contribution in [0.4, 0.5) is 5.69 Å². The summed E-state index contributed by atoms with van der Waals surface area (Å²) in [5.74, 6) is -0.0651. The van der Waals surface area contributed by atoms with Gasteiger partial charge in [-0.1, -0.05) is 52.3 Å². The molecule has 3 aromatic rings. The van der Waals surface area contributed by atoms with Crippen molar-refractivity contribution in [1.29, 1.82) is 0 Å². The predicted molar refractivity (Wildman–Crippen MR) is 131 cm³/mol. The van der Waals surface area contributed by atoms with E-state index in [0.717, 1.165) is 31.0 Å². The Hall–Kier alpha value is -2.71. The highest BCUT2D eigenvalue weighted by Crippen LogP contribution is 2.31. The van der Waals surface area contributed by atoms with Crippen molar-refractivity contribution in [2.75, 3.05) is 11.9 Å². The van der Waals surface area contributed by atoms with Gasteiger partial charge >= 0.3 is 0 Å². The van der Waals surface area contributed by atoms with Crippen LogP contribution in [0, 0.1) is 6.92 Å². The Morgan fingerprint density at radius 1 is 1.00 bits per heavy atom. The van der Waals surface area contributed by atoms with Crippen molar-refractivity contribution in [2.45, 2.75) is 20.3 Å². The fourth-order valence-electron chi connectivity index (χ4n) is 2.88. The van der Waals surface area contributed by atoms with Crippen LogP contribution < -0.4 is 15.5 Å². The summed E-state index contributed by atoms with van der Waals surface area (Å²) in [5.41, 5.74) is 4.62. The first-order valence-corrected chi connectivity index (χ1v) is 11.1. The maximum atomic E-state index is 12.4. The second-order valence-corrected chi connectivity index (χ2v) is 8.66. The molecule has 0 bridgehead atoms. The molecule has 0 atom stereocenters. The van der Waals surface area contributed by atoms with Crippen LogP contribution in [0.5, 0.6) is 5.75 Å². The number of carbonyl (C=O) groups is 2. The number of carbonyl (C=O) groups excluding carboxylic acids is 2. The van der Waals surface area contributed by atoms with Crippen LogP contribution in [0.25, 0.3) is 10.8 Å². The van der Waals surface area contributed by atoms with E-state index < -0.39 is 5.91 Å². The second kappa shape index (κ2) is 10.5. The van der Waals surface area contributed by atoms with E-state index in [1.54, 1.807) is 6.92 Å². The van der Waals surface area contributed by atoms with Crippen molar-refractivity contribution in [3.63, 3.8) is 0 Å². The number of nitrogens with one attached hydrogen (secondary N) is 2. The van der Waals surface area contributed by atoms with Gasteiger partial charge in [-0.15, -0.1) is 0 Å². The summed E-state index contributed by atoms with van der Waals surface area (Å²) in [7, 11) is 0. The van der Waals surface area contributed by atoms with Crippen molar-refractivity contribution in [3.05, 3.63) is 69.1 Å². The number of fused-ring (bicyclic) bond motifs is 1. The largest absolute Gasteiger partial charge is 0.483 e. The third-order valence-electron chi connectivity index (χ3n) is 4.42. The summed E-state index contributed by atoms with van der Waals surface area (Å²) < 4.78 is 7.22. The maximum absolute atomic E-state index is 12.4. The molecule has 0 spiro atoms. The average Bonchev–Trinajstić information content (AvgIpc) is 2.74. The summed E-state index contributed by atoms with van der Waals surface area (Å²) >= 11 is 6.84. The summed E-state index contributed by atoms with van der Waals surface area (Å²) in [6.45, 7) is 3.41. The Bertz CT molecular complexity index is 1160. The number of hydrogen-bond donors (Lipinski definition) is 2. The smallest absolute Gasteiger partial charge is 0.277 e. The highest BCUT2D eigenvalue weighted by atomic mass is 79.9. The molecule has 0 aliphatic heterocycles. The van der Waals surface area contributed by atoms with Crippen molar-refractivity contribution >= 4 is 65.8 Å². The lowest BCUT2D eigenvalue weighted by molar-refractivity contribution is -0.123. The van der Waals surface area contributed by atoms with Gasteiger partial charge in [-0.3, -0.25) is 9.59 Å². The minimum absolute atomic E-state index is 0.0574. The van der Waals surface area contributed by atoms with E-state index in [-0.39, 0.29) is 18.9 Å². The van der Waals surface area contributed by atoms with Crippen molar-refractivity contribution in [2.24, 2.45) is 5.10 Å². The van der Waals surface area contributed by atoms with Crippen LogP contribution in [-0.2, 0) is 9.59 Å². The molecule has 3 aromatic carbocycles. The van der Waals surface area contributed by atoms with Gasteiger partial charge in [0.05, 0.1) is 10.9 Å². The monoisotopic (exact) mass is 545 g/mol. The van der Waals surface area contributed by atoms with Crippen LogP contribution in [0.3, 0.4) is 0 Å². The van der Waals surface area contributed by atoms with Gasteiger partial charge in [-0.2, -0.15) is 5.10 Å². The first-order chi connectivity index (χ1) is 14.8. The van der Waals surface area contributed by atoms with E-state index in [1.807, 2.05) is 61.5 Å². The van der Waals surface area contributed by atoms with Gasteiger partial charge in [-0.05, 0) is 58.9 Å². The van der Waals surface area contributed by atoms with Crippen molar-refractivity contribution < 1.29 is 14.3 Å². The van der Waals surface area contributed by atoms with Gasteiger partial charge < -0.3 is 10.1 Å². The maximum Gasteiger partial charge on any atom is 0.277 e. The zero-order valence-electron chi connectivity index (χ0n) is 17.0. The van der Waals surface area contributed by atoms with E-state index in [9.17, 15) is 9.59 Å². The zero-order valence-corrected chi connectivity index (χ0v) is 20.2. The van der Waals surface area contributed by atoms with Gasteiger partial charge in [0.1, 0.15) is 5.75 Å². The quantitative estimate of drug-likeness (QED) is 0.300. The number of benzene rings is 3. The Morgan fingerprint density at radius 3 is 2.55 bits per heavy atom. The number of hydrogen-bond acceptors (Lipinski definition) is 4. The van der Waals surface area contributed by atoms with E-state index in [0.29, 0.717) is 11.5 Å². The number of nitrogens with zero attached hydrogens (tertiary/aromatic N) is 1. The number of rotatable bonds is 7. The molecule has 0 unspecified atom stereocenters. The molecule has 160 valence electrons. The van der Waals surface area contributed by atoms with Gasteiger partial charge in [0.2, 0.25) is 5.91 Å². The van der Waals surface area contributed by atoms with E-state index >= 15 is 0 Å². The normalized spacial score (nSPS) is 11.3. The van der Waals surface area contributed by atoms with Gasteiger partial charge in [-0.25, -0.2) is 5.43 Å². The summed E-state index contributed by atoms with van der Waals surface area (Å²) in [6, 6.07) is 17.2. The molecule has 2 N–H and O–H groups in total. The Balaban J connectivity index is 1.51. The van der Waals surface area contributed by atoms with E-state index in [1.165, 1.54) is 0 Å². The average molecular weight is 547 g/mol. The highest BCUT2D eigenvalue weighted by Gasteiger charge is 2.10. The molecule has 3 rings (SSSR count). The molecule has 31 heavy (non-hydrogen) atoms. The first-order valence-electron chi connectivity index (χ1n) is 9.51. The Morgan fingerprint density at radius 2 is 1.74 bits per heavy atom. The lowest BCUT2D eigenvalue weighted by Gasteiger charge is -2.10. The van der Waals surface area contributed by atoms with Gasteiger partial charge in [0.15, 0.2) is 6.61 Å². The number of aryl methyl sites for hydroxylation is 1. The number of ether oxygens (including phenoxy) is 1. The molecule has 0 aliphatic carbocycles. The lowest BCUT2D eigenvalue weighted by Crippen LogP contribution is -2.26. The number of anilines is 1. The highest BCUT2D eigenvalue weighted by molar-refractivity contribution is 9.11. The first kappa shape index (κ1) is 23.0. The third kappa shape index (κ3) is 6.38. The number of hydrazone groups is 1. The van der Waals surface area contributed by atoms with Gasteiger partial charge in [0, 0.05) is 21.3 Å². The summed E-state index contributed by atoms with van der Waals surface area (Å²) in [4.78, 5) is 24.4. The number of halogens is 2. The fourth-order valence-corrected chi connectivity index (χ4v) is 3.98. The molecule has 0 aromatic heterocycles. The minimum Gasteiger partial charge on any atom is -0.483 e. The summed E-state index contributed by atoms with van der Waals surface area (Å²) in [5, 5.41) is 8.90. The molecule has 0 radical (unpaired) electrons. The zero-order chi connectivity index (χ0) is 22.4. The molecule has 8 heteroatoms. The van der Waals surface area contributed by atoms with E-state index in [2.05, 4.69) is 47.7 Å². The fraction of sp³-hybridized carbons (Fsp3) is 0.174. The molecule has 6 nitrogen and oxygen atoms in total. The molecule has 0 fully saturated rings. The Labute approximate surface area is 197 Å². The van der Waals surface area contributed by atoms with Crippen LogP contribution in [-0.4, -0.2) is 24.1 Å². The molecule has 0 saturated heterocycles. The molecular weight excluding hydrogens is 526 g/mol.